The summed E-state index contributed by atoms with van der Waals surface area (Å²) in [5, 5.41) is 6.58. The quantitative estimate of drug-likeness (QED) is 0.876. The van der Waals surface area contributed by atoms with Crippen molar-refractivity contribution in [3.63, 3.8) is 0 Å². The minimum Gasteiger partial charge on any atom is -0.409 e. The summed E-state index contributed by atoms with van der Waals surface area (Å²) in [7, 11) is 0. The van der Waals surface area contributed by atoms with Crippen molar-refractivity contribution < 1.29 is 13.9 Å². The topological polar surface area (TPSA) is 71.4 Å². The van der Waals surface area contributed by atoms with Gasteiger partial charge < -0.3 is 14.1 Å². The first-order valence-electron chi connectivity index (χ1n) is 7.77. The number of morpholine rings is 1. The first-order valence-corrected chi connectivity index (χ1v) is 8.18. The molecule has 0 spiro atoms. The highest BCUT2D eigenvalue weighted by molar-refractivity contribution is 7.71. The number of aromatic nitrogens is 2. The third kappa shape index (κ3) is 2.94. The van der Waals surface area contributed by atoms with Crippen molar-refractivity contribution in [2.75, 3.05) is 19.8 Å². The monoisotopic (exact) mass is 331 g/mol. The summed E-state index contributed by atoms with van der Waals surface area (Å²) in [4.78, 5) is 15.0. The second-order valence-electron chi connectivity index (χ2n) is 5.97. The molecule has 4 rings (SSSR count). The van der Waals surface area contributed by atoms with Gasteiger partial charge in [-0.1, -0.05) is 0 Å². The molecule has 120 valence electrons. The Morgan fingerprint density at radius 2 is 2.09 bits per heavy atom. The van der Waals surface area contributed by atoms with E-state index in [1.807, 2.05) is 29.2 Å². The fourth-order valence-corrected chi connectivity index (χ4v) is 3.15. The Kier molecular flexibility index (Phi) is 3.74. The van der Waals surface area contributed by atoms with Crippen molar-refractivity contribution in [1.82, 2.24) is 15.1 Å². The van der Waals surface area contributed by atoms with E-state index in [0.717, 1.165) is 5.56 Å². The number of H-pyrrole nitrogens is 1. The van der Waals surface area contributed by atoms with Crippen LogP contribution in [-0.2, 0) is 4.74 Å². The lowest BCUT2D eigenvalue weighted by Gasteiger charge is -2.36. The number of nitrogens with zero attached hydrogens (tertiary/aromatic N) is 2. The van der Waals surface area contributed by atoms with Crippen LogP contribution in [0.2, 0.25) is 0 Å². The van der Waals surface area contributed by atoms with E-state index in [-0.39, 0.29) is 16.8 Å². The predicted molar refractivity (Wildman–Crippen MR) is 85.5 cm³/mol. The number of ether oxygens (including phenoxy) is 1. The standard InChI is InChI=1S/C16H17N3O3S/c20-15(19-7-8-21-9-13(19)10-1-2-10)12-5-3-11(4-6-12)14-17-18-16(23)22-14/h3-6,10,13H,1-2,7-9H2,(H,18,23)/t13-/m0/s1. The second kappa shape index (κ2) is 5.90. The molecule has 0 unspecified atom stereocenters. The Morgan fingerprint density at radius 1 is 1.30 bits per heavy atom. The molecule has 7 heteroatoms. The van der Waals surface area contributed by atoms with Crippen LogP contribution >= 0.6 is 12.2 Å². The van der Waals surface area contributed by atoms with Crippen LogP contribution in [-0.4, -0.2) is 46.8 Å². The van der Waals surface area contributed by atoms with Crippen LogP contribution in [0.3, 0.4) is 0 Å². The van der Waals surface area contributed by atoms with Crippen molar-refractivity contribution in [2.24, 2.45) is 5.92 Å². The lowest BCUT2D eigenvalue weighted by molar-refractivity contribution is -0.00834. The van der Waals surface area contributed by atoms with Crippen molar-refractivity contribution in [3.05, 3.63) is 34.7 Å². The Bertz CT molecular complexity index is 763. The van der Waals surface area contributed by atoms with E-state index in [0.29, 0.717) is 37.1 Å². The van der Waals surface area contributed by atoms with Gasteiger partial charge in [-0.3, -0.25) is 4.79 Å². The van der Waals surface area contributed by atoms with Crippen molar-refractivity contribution in [1.29, 1.82) is 0 Å². The lowest BCUT2D eigenvalue weighted by atomic mass is 10.1. The van der Waals surface area contributed by atoms with Crippen LogP contribution < -0.4 is 0 Å². The van der Waals surface area contributed by atoms with E-state index in [4.69, 9.17) is 21.4 Å². The van der Waals surface area contributed by atoms with Crippen LogP contribution in [0.25, 0.3) is 11.5 Å². The van der Waals surface area contributed by atoms with Gasteiger partial charge in [0.1, 0.15) is 0 Å². The van der Waals surface area contributed by atoms with Gasteiger partial charge in [0.05, 0.1) is 19.3 Å². The molecule has 1 aromatic heterocycles. The summed E-state index contributed by atoms with van der Waals surface area (Å²) in [6.45, 7) is 1.93. The first kappa shape index (κ1) is 14.6. The van der Waals surface area contributed by atoms with E-state index in [2.05, 4.69) is 10.2 Å². The van der Waals surface area contributed by atoms with Gasteiger partial charge in [-0.2, -0.15) is 0 Å². The maximum atomic E-state index is 12.8. The lowest BCUT2D eigenvalue weighted by Crippen LogP contribution is -2.49. The fourth-order valence-electron chi connectivity index (χ4n) is 3.02. The highest BCUT2D eigenvalue weighted by Crippen LogP contribution is 2.37. The van der Waals surface area contributed by atoms with E-state index in [1.54, 1.807) is 0 Å². The number of nitrogens with one attached hydrogen (secondary N) is 1. The molecule has 1 saturated carbocycles. The van der Waals surface area contributed by atoms with Gasteiger partial charge in [-0.25, -0.2) is 5.10 Å². The van der Waals surface area contributed by atoms with E-state index in [9.17, 15) is 4.79 Å². The minimum atomic E-state index is 0.0691. The average Bonchev–Trinajstić information content (AvgIpc) is 3.35. The fraction of sp³-hybridized carbons (Fsp3) is 0.438. The molecule has 0 radical (unpaired) electrons. The smallest absolute Gasteiger partial charge is 0.284 e. The number of carbonyl (C=O) groups is 1. The van der Waals surface area contributed by atoms with Crippen molar-refractivity contribution >= 4 is 18.1 Å². The number of benzene rings is 1. The predicted octanol–water partition coefficient (Wildman–Crippen LogP) is 2.65. The van der Waals surface area contributed by atoms with Crippen molar-refractivity contribution in [2.45, 2.75) is 18.9 Å². The number of hydrogen-bond acceptors (Lipinski definition) is 5. The molecule has 1 aliphatic heterocycles. The molecule has 2 heterocycles. The number of aromatic amines is 1. The van der Waals surface area contributed by atoms with Crippen LogP contribution in [0.15, 0.2) is 28.7 Å². The second-order valence-corrected chi connectivity index (χ2v) is 6.34. The maximum Gasteiger partial charge on any atom is 0.284 e. The first-order chi connectivity index (χ1) is 11.2. The molecule has 1 saturated heterocycles. The highest BCUT2D eigenvalue weighted by Gasteiger charge is 2.39. The molecule has 1 aliphatic carbocycles. The summed E-state index contributed by atoms with van der Waals surface area (Å²) in [6.07, 6.45) is 2.39. The zero-order valence-electron chi connectivity index (χ0n) is 12.5. The zero-order chi connectivity index (χ0) is 15.8. The van der Waals surface area contributed by atoms with Gasteiger partial charge in [-0.05, 0) is 55.2 Å². The third-order valence-corrected chi connectivity index (χ3v) is 4.58. The van der Waals surface area contributed by atoms with Gasteiger partial charge >= 0.3 is 0 Å². The summed E-state index contributed by atoms with van der Waals surface area (Å²) in [5.41, 5.74) is 1.46. The molecule has 2 aliphatic rings. The van der Waals surface area contributed by atoms with Crippen LogP contribution in [0.1, 0.15) is 23.2 Å². The summed E-state index contributed by atoms with van der Waals surface area (Å²) >= 11 is 4.87. The summed E-state index contributed by atoms with van der Waals surface area (Å²) in [5.74, 6) is 1.10. The van der Waals surface area contributed by atoms with Crippen LogP contribution in [0.5, 0.6) is 0 Å². The molecule has 1 atom stereocenters. The zero-order valence-corrected chi connectivity index (χ0v) is 13.3. The van der Waals surface area contributed by atoms with Gasteiger partial charge in [0.15, 0.2) is 0 Å². The molecular weight excluding hydrogens is 314 g/mol. The van der Waals surface area contributed by atoms with Gasteiger partial charge in [0.2, 0.25) is 5.89 Å². The normalized spacial score (nSPS) is 21.4. The number of carbonyl (C=O) groups excluding carboxylic acids is 1. The minimum absolute atomic E-state index is 0.0691. The molecule has 0 bridgehead atoms. The van der Waals surface area contributed by atoms with E-state index >= 15 is 0 Å². The van der Waals surface area contributed by atoms with Crippen LogP contribution in [0.4, 0.5) is 0 Å². The average molecular weight is 331 g/mol. The Morgan fingerprint density at radius 3 is 2.74 bits per heavy atom. The molecular formula is C16H17N3O3S. The molecule has 1 amide bonds. The molecule has 6 nitrogen and oxygen atoms in total. The Balaban J connectivity index is 1.54. The molecule has 1 N–H and O–H groups in total. The van der Waals surface area contributed by atoms with Crippen LogP contribution in [0, 0.1) is 10.8 Å². The SMILES string of the molecule is O=C(c1ccc(-c2n[nH]c(=S)o2)cc1)N1CCOC[C@H]1C1CC1. The van der Waals surface area contributed by atoms with Gasteiger partial charge in [0, 0.05) is 17.7 Å². The molecule has 2 aromatic rings. The Hall–Kier alpha value is -1.99. The summed E-state index contributed by atoms with van der Waals surface area (Å²) in [6, 6.07) is 7.50. The van der Waals surface area contributed by atoms with E-state index in [1.165, 1.54) is 12.8 Å². The maximum absolute atomic E-state index is 12.8. The van der Waals surface area contributed by atoms with Gasteiger partial charge in [0.25, 0.3) is 10.7 Å². The summed E-state index contributed by atoms with van der Waals surface area (Å²) < 4.78 is 10.8. The third-order valence-electron chi connectivity index (χ3n) is 4.41. The number of amides is 1. The van der Waals surface area contributed by atoms with Gasteiger partial charge in [-0.15, -0.1) is 5.10 Å². The molecule has 23 heavy (non-hydrogen) atoms. The molecule has 2 fully saturated rings. The van der Waals surface area contributed by atoms with E-state index < -0.39 is 0 Å². The Labute approximate surface area is 138 Å². The number of rotatable bonds is 3. The van der Waals surface area contributed by atoms with Crippen molar-refractivity contribution in [3.8, 4) is 11.5 Å². The largest absolute Gasteiger partial charge is 0.409 e. The molecule has 1 aromatic carbocycles. The highest BCUT2D eigenvalue weighted by atomic mass is 32.1. The number of hydrogen-bond donors (Lipinski definition) is 1.